The second-order valence-corrected chi connectivity index (χ2v) is 7.42. The predicted molar refractivity (Wildman–Crippen MR) is 105 cm³/mol. The van der Waals surface area contributed by atoms with E-state index < -0.39 is 11.5 Å². The van der Waals surface area contributed by atoms with Gasteiger partial charge in [-0.15, -0.1) is 11.3 Å². The highest BCUT2D eigenvalue weighted by Gasteiger charge is 2.17. The van der Waals surface area contributed by atoms with Crippen LogP contribution in [-0.2, 0) is 4.79 Å². The van der Waals surface area contributed by atoms with Crippen LogP contribution in [0.15, 0.2) is 33.5 Å². The molecule has 3 rings (SSSR count). The Morgan fingerprint density at radius 3 is 2.89 bits per heavy atom. The summed E-state index contributed by atoms with van der Waals surface area (Å²) in [7, 11) is 1.49. The zero-order chi connectivity index (χ0) is 19.6. The molecule has 0 spiro atoms. The highest BCUT2D eigenvalue weighted by atomic mass is 35.5. The van der Waals surface area contributed by atoms with Crippen molar-refractivity contribution in [3.05, 3.63) is 44.5 Å². The number of nitrogens with zero attached hydrogens (tertiary/aromatic N) is 1. The number of ether oxygens (including phenoxy) is 1. The van der Waals surface area contributed by atoms with Crippen LogP contribution >= 0.6 is 34.7 Å². The third-order valence-corrected chi connectivity index (χ3v) is 5.47. The minimum Gasteiger partial charge on any atom is -0.495 e. The van der Waals surface area contributed by atoms with Gasteiger partial charge in [-0.25, -0.2) is 9.78 Å². The van der Waals surface area contributed by atoms with Crippen LogP contribution in [-0.4, -0.2) is 39.8 Å². The average molecular weight is 426 g/mol. The van der Waals surface area contributed by atoms with Gasteiger partial charge < -0.3 is 20.1 Å². The molecule has 0 radical (unpaired) electrons. The lowest BCUT2D eigenvalue weighted by atomic mass is 10.2. The van der Waals surface area contributed by atoms with Gasteiger partial charge in [0.25, 0.3) is 5.56 Å². The van der Waals surface area contributed by atoms with E-state index in [4.69, 9.17) is 21.4 Å². The van der Waals surface area contributed by atoms with Crippen molar-refractivity contribution < 1.29 is 19.4 Å². The molecule has 1 aromatic carbocycles. The van der Waals surface area contributed by atoms with E-state index in [1.165, 1.54) is 12.5 Å². The maximum absolute atomic E-state index is 12.1. The summed E-state index contributed by atoms with van der Waals surface area (Å²) in [5, 5.41) is 13.8. The first-order valence-corrected chi connectivity index (χ1v) is 9.64. The molecule has 11 heteroatoms. The predicted octanol–water partition coefficient (Wildman–Crippen LogP) is 3.08. The molecular formula is C16H12ClN3O5S2. The molecule has 140 valence electrons. The lowest BCUT2D eigenvalue weighted by Crippen LogP contribution is -2.16. The molecule has 0 aliphatic carbocycles. The normalized spacial score (nSPS) is 10.7. The number of H-pyrrole nitrogens is 1. The topological polar surface area (TPSA) is 121 Å². The van der Waals surface area contributed by atoms with E-state index in [2.05, 4.69) is 15.3 Å². The summed E-state index contributed by atoms with van der Waals surface area (Å²) in [6, 6.07) is 4.85. The smallest absolute Gasteiger partial charge is 0.337 e. The number of carboxylic acids is 1. The van der Waals surface area contributed by atoms with Crippen molar-refractivity contribution in [1.29, 1.82) is 0 Å². The number of carbonyl (C=O) groups is 2. The number of methoxy groups -OCH3 is 1. The van der Waals surface area contributed by atoms with Gasteiger partial charge >= 0.3 is 5.97 Å². The van der Waals surface area contributed by atoms with Crippen LogP contribution in [0.25, 0.3) is 10.2 Å². The summed E-state index contributed by atoms with van der Waals surface area (Å²) >= 11 is 8.10. The Labute approximate surface area is 165 Å². The molecule has 0 saturated heterocycles. The molecular weight excluding hydrogens is 414 g/mol. The molecule has 0 fully saturated rings. The number of rotatable bonds is 6. The standard InChI is InChI=1S/C16H12ClN3O5S2/c1-25-10-3-2-7(4-9(10)17)18-11(21)6-27-16-19-13(22)12-8(15(23)24)5-26-14(12)20-16/h2-5H,6H2,1H3,(H,18,21)(H,23,24)(H,19,20,22). The first-order chi connectivity index (χ1) is 12.9. The second kappa shape index (κ2) is 7.99. The second-order valence-electron chi connectivity index (χ2n) is 5.19. The molecule has 0 unspecified atom stereocenters. The monoisotopic (exact) mass is 425 g/mol. The number of halogens is 1. The van der Waals surface area contributed by atoms with Crippen LogP contribution in [0.4, 0.5) is 5.69 Å². The molecule has 3 aromatic rings. The van der Waals surface area contributed by atoms with Crippen molar-refractivity contribution in [1.82, 2.24) is 9.97 Å². The first kappa shape index (κ1) is 19.2. The van der Waals surface area contributed by atoms with E-state index in [-0.39, 0.29) is 27.8 Å². The van der Waals surface area contributed by atoms with Gasteiger partial charge in [-0.1, -0.05) is 23.4 Å². The van der Waals surface area contributed by atoms with E-state index in [0.29, 0.717) is 21.3 Å². The molecule has 0 bridgehead atoms. The van der Waals surface area contributed by atoms with Gasteiger partial charge in [-0.05, 0) is 18.2 Å². The lowest BCUT2D eigenvalue weighted by Gasteiger charge is -2.08. The van der Waals surface area contributed by atoms with Gasteiger partial charge in [0, 0.05) is 11.1 Å². The number of amides is 1. The fraction of sp³-hybridized carbons (Fsp3) is 0.125. The van der Waals surface area contributed by atoms with Gasteiger partial charge in [0.05, 0.1) is 28.8 Å². The summed E-state index contributed by atoms with van der Waals surface area (Å²) < 4.78 is 5.05. The van der Waals surface area contributed by atoms with Crippen molar-refractivity contribution in [3.8, 4) is 5.75 Å². The molecule has 1 amide bonds. The SMILES string of the molecule is COc1ccc(NC(=O)CSc2nc3scc(C(=O)O)c3c(=O)[nH]2)cc1Cl. The largest absolute Gasteiger partial charge is 0.495 e. The van der Waals surface area contributed by atoms with Crippen LogP contribution in [0.1, 0.15) is 10.4 Å². The van der Waals surface area contributed by atoms with E-state index in [0.717, 1.165) is 23.1 Å². The van der Waals surface area contributed by atoms with Crippen LogP contribution in [0.5, 0.6) is 5.75 Å². The fourth-order valence-corrected chi connectivity index (χ4v) is 4.12. The number of benzene rings is 1. The molecule has 27 heavy (non-hydrogen) atoms. The number of nitrogens with one attached hydrogen (secondary N) is 2. The average Bonchev–Trinajstić information content (AvgIpc) is 3.05. The summed E-state index contributed by atoms with van der Waals surface area (Å²) in [5.41, 5.74) is -0.134. The molecule has 3 N–H and O–H groups in total. The summed E-state index contributed by atoms with van der Waals surface area (Å²) in [6.07, 6.45) is 0. The molecule has 2 aromatic heterocycles. The lowest BCUT2D eigenvalue weighted by molar-refractivity contribution is -0.113. The Balaban J connectivity index is 1.69. The molecule has 0 aliphatic heterocycles. The number of carboxylic acid groups (broad SMARTS) is 1. The van der Waals surface area contributed by atoms with Gasteiger partial charge in [0.15, 0.2) is 5.16 Å². The number of thioether (sulfide) groups is 1. The van der Waals surface area contributed by atoms with E-state index in [1.54, 1.807) is 18.2 Å². The number of aromatic carboxylic acids is 1. The van der Waals surface area contributed by atoms with Crippen LogP contribution in [0.2, 0.25) is 5.02 Å². The molecule has 0 aliphatic rings. The molecule has 2 heterocycles. The number of carbonyl (C=O) groups excluding carboxylic acids is 1. The Hall–Kier alpha value is -2.56. The maximum Gasteiger partial charge on any atom is 0.337 e. The highest BCUT2D eigenvalue weighted by Crippen LogP contribution is 2.27. The summed E-state index contributed by atoms with van der Waals surface area (Å²) in [5.74, 6) is -1.02. The van der Waals surface area contributed by atoms with Crippen molar-refractivity contribution in [2.24, 2.45) is 0 Å². The van der Waals surface area contributed by atoms with Gasteiger partial charge in [0.1, 0.15) is 10.6 Å². The minimum atomic E-state index is -1.19. The molecule has 0 saturated carbocycles. The molecule has 8 nitrogen and oxygen atoms in total. The van der Waals surface area contributed by atoms with Crippen molar-refractivity contribution in [2.75, 3.05) is 18.2 Å². The highest BCUT2D eigenvalue weighted by molar-refractivity contribution is 7.99. The Bertz CT molecular complexity index is 1100. The summed E-state index contributed by atoms with van der Waals surface area (Å²) in [4.78, 5) is 42.3. The number of aromatic nitrogens is 2. The van der Waals surface area contributed by atoms with Crippen LogP contribution in [0.3, 0.4) is 0 Å². The fourth-order valence-electron chi connectivity index (χ4n) is 2.23. The zero-order valence-corrected chi connectivity index (χ0v) is 16.1. The maximum atomic E-state index is 12.1. The third-order valence-electron chi connectivity index (χ3n) is 3.43. The molecule has 0 atom stereocenters. The number of thiophene rings is 1. The number of aromatic amines is 1. The van der Waals surface area contributed by atoms with Crippen LogP contribution in [0, 0.1) is 0 Å². The number of hydrogen-bond acceptors (Lipinski definition) is 7. The Morgan fingerprint density at radius 1 is 1.44 bits per heavy atom. The first-order valence-electron chi connectivity index (χ1n) is 7.40. The minimum absolute atomic E-state index is 0.00470. The van der Waals surface area contributed by atoms with Gasteiger partial charge in [-0.3, -0.25) is 9.59 Å². The number of fused-ring (bicyclic) bond motifs is 1. The van der Waals surface area contributed by atoms with E-state index >= 15 is 0 Å². The summed E-state index contributed by atoms with van der Waals surface area (Å²) in [6.45, 7) is 0. The number of hydrogen-bond donors (Lipinski definition) is 3. The van der Waals surface area contributed by atoms with Gasteiger partial charge in [0.2, 0.25) is 5.91 Å². The quantitative estimate of drug-likeness (QED) is 0.409. The van der Waals surface area contributed by atoms with Crippen molar-refractivity contribution >= 4 is 62.5 Å². The third kappa shape index (κ3) is 4.24. The Morgan fingerprint density at radius 2 is 2.22 bits per heavy atom. The van der Waals surface area contributed by atoms with E-state index in [1.807, 2.05) is 0 Å². The van der Waals surface area contributed by atoms with E-state index in [9.17, 15) is 14.4 Å². The zero-order valence-electron chi connectivity index (χ0n) is 13.7. The van der Waals surface area contributed by atoms with Gasteiger partial charge in [-0.2, -0.15) is 0 Å². The Kier molecular flexibility index (Phi) is 5.68. The van der Waals surface area contributed by atoms with Crippen LogP contribution < -0.4 is 15.6 Å². The van der Waals surface area contributed by atoms with Crippen molar-refractivity contribution in [3.63, 3.8) is 0 Å². The number of anilines is 1. The van der Waals surface area contributed by atoms with Crippen molar-refractivity contribution in [2.45, 2.75) is 5.16 Å².